The molecule has 0 atom stereocenters. The average Bonchev–Trinajstić information content (AvgIpc) is 3.12. The number of amides is 1. The third-order valence-electron chi connectivity index (χ3n) is 4.44. The number of aromatic nitrogens is 1. The van der Waals surface area contributed by atoms with Crippen molar-refractivity contribution < 1.29 is 9.21 Å². The maximum atomic E-state index is 12.6. The Morgan fingerprint density at radius 2 is 1.82 bits per heavy atom. The van der Waals surface area contributed by atoms with Crippen LogP contribution in [-0.4, -0.2) is 10.9 Å². The summed E-state index contributed by atoms with van der Waals surface area (Å²) in [5, 5.41) is 3.88. The number of nitrogens with one attached hydrogen (secondary N) is 1. The van der Waals surface area contributed by atoms with E-state index in [1.807, 2.05) is 12.1 Å². The average molecular weight is 411 g/mol. The van der Waals surface area contributed by atoms with Crippen molar-refractivity contribution in [2.75, 3.05) is 5.32 Å². The van der Waals surface area contributed by atoms with Crippen molar-refractivity contribution in [3.05, 3.63) is 81.8 Å². The van der Waals surface area contributed by atoms with Gasteiger partial charge in [0.2, 0.25) is 5.89 Å². The van der Waals surface area contributed by atoms with Crippen LogP contribution in [0.25, 0.3) is 22.6 Å². The quantitative estimate of drug-likeness (QED) is 0.411. The van der Waals surface area contributed by atoms with Gasteiger partial charge >= 0.3 is 0 Å². The minimum Gasteiger partial charge on any atom is -0.436 e. The topological polar surface area (TPSA) is 55.1 Å². The molecule has 0 unspecified atom stereocenters. The van der Waals surface area contributed by atoms with Gasteiger partial charge in [-0.1, -0.05) is 42.3 Å². The van der Waals surface area contributed by atoms with E-state index in [-0.39, 0.29) is 5.91 Å². The summed E-state index contributed by atoms with van der Waals surface area (Å²) >= 11 is 12.3. The number of nitrogens with zero attached hydrogens (tertiary/aromatic N) is 1. The van der Waals surface area contributed by atoms with Gasteiger partial charge in [-0.2, -0.15) is 0 Å². The fourth-order valence-corrected chi connectivity index (χ4v) is 3.20. The molecule has 1 amide bonds. The van der Waals surface area contributed by atoms with Crippen LogP contribution in [-0.2, 0) is 6.42 Å². The number of carbonyl (C=O) groups excluding carboxylic acids is 1. The van der Waals surface area contributed by atoms with Crippen molar-refractivity contribution in [2.24, 2.45) is 0 Å². The van der Waals surface area contributed by atoms with Gasteiger partial charge in [-0.05, 0) is 60.5 Å². The summed E-state index contributed by atoms with van der Waals surface area (Å²) in [6, 6.07) is 18.0. The van der Waals surface area contributed by atoms with E-state index in [0.717, 1.165) is 6.42 Å². The number of carbonyl (C=O) groups is 1. The standard InChI is InChI=1S/C22H16Cl2N2O2/c1-2-13-3-5-14(6-4-13)21(27)25-18-11-15(7-9-17(18)24)22-26-19-12-16(23)8-10-20(19)28-22/h3-12H,2H2,1H3,(H,25,27). The van der Waals surface area contributed by atoms with Crippen molar-refractivity contribution in [3.8, 4) is 11.5 Å². The Kier molecular flexibility index (Phi) is 5.07. The SMILES string of the molecule is CCc1ccc(C(=O)Nc2cc(-c3nc4cc(Cl)ccc4o3)ccc2Cl)cc1. The number of hydrogen-bond donors (Lipinski definition) is 1. The van der Waals surface area contributed by atoms with Gasteiger partial charge in [-0.25, -0.2) is 4.98 Å². The highest BCUT2D eigenvalue weighted by atomic mass is 35.5. The summed E-state index contributed by atoms with van der Waals surface area (Å²) in [7, 11) is 0. The molecule has 4 aromatic rings. The molecule has 0 aliphatic carbocycles. The first-order valence-electron chi connectivity index (χ1n) is 8.80. The third-order valence-corrected chi connectivity index (χ3v) is 5.00. The zero-order valence-corrected chi connectivity index (χ0v) is 16.5. The van der Waals surface area contributed by atoms with Gasteiger partial charge in [-0.3, -0.25) is 4.79 Å². The third kappa shape index (κ3) is 3.75. The van der Waals surface area contributed by atoms with Gasteiger partial charge in [0, 0.05) is 16.1 Å². The van der Waals surface area contributed by atoms with E-state index in [1.165, 1.54) is 5.56 Å². The van der Waals surface area contributed by atoms with Crippen molar-refractivity contribution >= 4 is 45.9 Å². The Balaban J connectivity index is 1.63. The van der Waals surface area contributed by atoms with Crippen molar-refractivity contribution in [3.63, 3.8) is 0 Å². The highest BCUT2D eigenvalue weighted by Crippen LogP contribution is 2.31. The molecular formula is C22H16Cl2N2O2. The summed E-state index contributed by atoms with van der Waals surface area (Å²) in [6.07, 6.45) is 0.922. The van der Waals surface area contributed by atoms with Crippen LogP contribution in [0.1, 0.15) is 22.8 Å². The number of benzene rings is 3. The van der Waals surface area contributed by atoms with Crippen LogP contribution in [0.4, 0.5) is 5.69 Å². The summed E-state index contributed by atoms with van der Waals surface area (Å²) in [5.74, 6) is 0.197. The van der Waals surface area contributed by atoms with Gasteiger partial charge in [0.15, 0.2) is 5.58 Å². The molecule has 0 spiro atoms. The predicted octanol–water partition coefficient (Wildman–Crippen LogP) is 6.62. The maximum absolute atomic E-state index is 12.6. The van der Waals surface area contributed by atoms with E-state index >= 15 is 0 Å². The van der Waals surface area contributed by atoms with E-state index in [0.29, 0.717) is 43.9 Å². The Morgan fingerprint density at radius 1 is 1.04 bits per heavy atom. The van der Waals surface area contributed by atoms with Gasteiger partial charge in [0.05, 0.1) is 10.7 Å². The lowest BCUT2D eigenvalue weighted by molar-refractivity contribution is 0.102. The van der Waals surface area contributed by atoms with Crippen LogP contribution in [0.5, 0.6) is 0 Å². The second-order valence-electron chi connectivity index (χ2n) is 6.33. The molecule has 4 nitrogen and oxygen atoms in total. The van der Waals surface area contributed by atoms with E-state index in [2.05, 4.69) is 17.2 Å². The highest BCUT2D eigenvalue weighted by molar-refractivity contribution is 6.34. The van der Waals surface area contributed by atoms with E-state index in [4.69, 9.17) is 27.6 Å². The molecule has 0 saturated carbocycles. The fourth-order valence-electron chi connectivity index (χ4n) is 2.86. The zero-order chi connectivity index (χ0) is 19.7. The normalized spacial score (nSPS) is 11.0. The van der Waals surface area contributed by atoms with Crippen LogP contribution in [0.3, 0.4) is 0 Å². The monoisotopic (exact) mass is 410 g/mol. The Hall–Kier alpha value is -2.82. The maximum Gasteiger partial charge on any atom is 0.255 e. The fraction of sp³-hybridized carbons (Fsp3) is 0.0909. The molecule has 3 aromatic carbocycles. The molecule has 1 N–H and O–H groups in total. The molecule has 0 fully saturated rings. The molecule has 28 heavy (non-hydrogen) atoms. The number of rotatable bonds is 4. The van der Waals surface area contributed by atoms with Gasteiger partial charge in [0.25, 0.3) is 5.91 Å². The number of hydrogen-bond acceptors (Lipinski definition) is 3. The molecule has 0 saturated heterocycles. The molecular weight excluding hydrogens is 395 g/mol. The highest BCUT2D eigenvalue weighted by Gasteiger charge is 2.13. The van der Waals surface area contributed by atoms with Crippen LogP contribution in [0.2, 0.25) is 10.0 Å². The Bertz CT molecular complexity index is 1170. The van der Waals surface area contributed by atoms with E-state index < -0.39 is 0 Å². The lowest BCUT2D eigenvalue weighted by Gasteiger charge is -2.09. The first kappa shape index (κ1) is 18.5. The first-order chi connectivity index (χ1) is 13.5. The van der Waals surface area contributed by atoms with Crippen molar-refractivity contribution in [1.29, 1.82) is 0 Å². The molecule has 0 radical (unpaired) electrons. The smallest absolute Gasteiger partial charge is 0.255 e. The number of anilines is 1. The Labute approximate surface area is 172 Å². The molecule has 4 rings (SSSR count). The van der Waals surface area contributed by atoms with E-state index in [1.54, 1.807) is 48.5 Å². The van der Waals surface area contributed by atoms with Crippen LogP contribution in [0, 0.1) is 0 Å². The minimum absolute atomic E-state index is 0.231. The first-order valence-corrected chi connectivity index (χ1v) is 9.55. The molecule has 1 heterocycles. The van der Waals surface area contributed by atoms with Crippen LogP contribution < -0.4 is 5.32 Å². The summed E-state index contributed by atoms with van der Waals surface area (Å²) < 4.78 is 5.79. The van der Waals surface area contributed by atoms with Gasteiger partial charge in [-0.15, -0.1) is 0 Å². The summed E-state index contributed by atoms with van der Waals surface area (Å²) in [5.41, 5.74) is 4.23. The van der Waals surface area contributed by atoms with E-state index in [9.17, 15) is 4.79 Å². The minimum atomic E-state index is -0.231. The Morgan fingerprint density at radius 3 is 2.57 bits per heavy atom. The second-order valence-corrected chi connectivity index (χ2v) is 7.17. The molecule has 0 aliphatic heterocycles. The summed E-state index contributed by atoms with van der Waals surface area (Å²) in [6.45, 7) is 2.07. The molecule has 1 aromatic heterocycles. The van der Waals surface area contributed by atoms with Gasteiger partial charge in [0.1, 0.15) is 5.52 Å². The van der Waals surface area contributed by atoms with Crippen molar-refractivity contribution in [2.45, 2.75) is 13.3 Å². The van der Waals surface area contributed by atoms with Crippen LogP contribution >= 0.6 is 23.2 Å². The predicted molar refractivity (Wildman–Crippen MR) is 113 cm³/mol. The number of aryl methyl sites for hydroxylation is 1. The lowest BCUT2D eigenvalue weighted by atomic mass is 10.1. The number of halogens is 2. The van der Waals surface area contributed by atoms with Crippen LogP contribution in [0.15, 0.2) is 65.1 Å². The number of oxazole rings is 1. The van der Waals surface area contributed by atoms with Gasteiger partial charge < -0.3 is 9.73 Å². The second kappa shape index (κ2) is 7.66. The molecule has 0 aliphatic rings. The van der Waals surface area contributed by atoms with Crippen molar-refractivity contribution in [1.82, 2.24) is 4.98 Å². The summed E-state index contributed by atoms with van der Waals surface area (Å²) in [4.78, 5) is 17.0. The lowest BCUT2D eigenvalue weighted by Crippen LogP contribution is -2.12. The molecule has 6 heteroatoms. The zero-order valence-electron chi connectivity index (χ0n) is 15.0. The largest absolute Gasteiger partial charge is 0.436 e. The number of fused-ring (bicyclic) bond motifs is 1. The molecule has 140 valence electrons. The molecule has 0 bridgehead atoms.